The van der Waals surface area contributed by atoms with Gasteiger partial charge in [0, 0.05) is 12.8 Å². The van der Waals surface area contributed by atoms with Gasteiger partial charge in [-0.3, -0.25) is 0 Å². The van der Waals surface area contributed by atoms with Gasteiger partial charge in [-0.25, -0.2) is 0 Å². The minimum atomic E-state index is 0.550. The molecule has 2 unspecified atom stereocenters. The molecule has 1 aliphatic carbocycles. The highest BCUT2D eigenvalue weighted by molar-refractivity contribution is 7.15. The van der Waals surface area contributed by atoms with Gasteiger partial charge in [-0.1, -0.05) is 22.7 Å². The molecule has 2 heterocycles. The summed E-state index contributed by atoms with van der Waals surface area (Å²) >= 11 is 2.96. The van der Waals surface area contributed by atoms with Crippen LogP contribution in [-0.4, -0.2) is 20.4 Å². The van der Waals surface area contributed by atoms with Crippen molar-refractivity contribution in [2.75, 3.05) is 11.5 Å². The highest BCUT2D eigenvalue weighted by atomic mass is 32.1. The number of nitrogens with two attached hydrogens (primary N) is 2. The van der Waals surface area contributed by atoms with Gasteiger partial charge in [0.25, 0.3) is 0 Å². The van der Waals surface area contributed by atoms with E-state index < -0.39 is 0 Å². The summed E-state index contributed by atoms with van der Waals surface area (Å²) in [6.07, 6.45) is 3.18. The summed E-state index contributed by atoms with van der Waals surface area (Å²) in [5.41, 5.74) is 11.1. The molecule has 4 N–H and O–H groups in total. The average Bonchev–Trinajstić information content (AvgIpc) is 2.67. The predicted molar refractivity (Wildman–Crippen MR) is 67.6 cm³/mol. The summed E-state index contributed by atoms with van der Waals surface area (Å²) in [7, 11) is 0. The molecule has 0 amide bonds. The van der Waals surface area contributed by atoms with Crippen molar-refractivity contribution in [1.82, 2.24) is 20.4 Å². The van der Waals surface area contributed by atoms with Crippen LogP contribution in [0.3, 0.4) is 0 Å². The van der Waals surface area contributed by atoms with Crippen LogP contribution in [0.25, 0.3) is 0 Å². The van der Waals surface area contributed by atoms with Crippen molar-refractivity contribution < 1.29 is 0 Å². The first-order chi connectivity index (χ1) is 8.20. The van der Waals surface area contributed by atoms with Gasteiger partial charge in [0.15, 0.2) is 0 Å². The largest absolute Gasteiger partial charge is 0.374 e. The van der Waals surface area contributed by atoms with Crippen LogP contribution in [0, 0.1) is 11.8 Å². The summed E-state index contributed by atoms with van der Waals surface area (Å²) in [5.74, 6) is 1.37. The van der Waals surface area contributed by atoms with Gasteiger partial charge in [-0.05, 0) is 18.3 Å². The van der Waals surface area contributed by atoms with Crippen LogP contribution in [0.2, 0.25) is 0 Å². The second-order valence-electron chi connectivity index (χ2n) is 4.23. The van der Waals surface area contributed by atoms with Crippen LogP contribution in [0.5, 0.6) is 0 Å². The Morgan fingerprint density at radius 3 is 1.71 bits per heavy atom. The first-order valence-corrected chi connectivity index (χ1v) is 6.99. The Morgan fingerprint density at radius 2 is 1.35 bits per heavy atom. The second kappa shape index (κ2) is 4.19. The molecule has 2 aromatic heterocycles. The third kappa shape index (κ3) is 2.52. The lowest BCUT2D eigenvalue weighted by atomic mass is 10.2. The van der Waals surface area contributed by atoms with Crippen LogP contribution in [0.15, 0.2) is 0 Å². The molecule has 2 atom stereocenters. The monoisotopic (exact) mass is 268 g/mol. The molecule has 0 bridgehead atoms. The van der Waals surface area contributed by atoms with Crippen LogP contribution in [0.1, 0.15) is 16.4 Å². The van der Waals surface area contributed by atoms with E-state index in [1.54, 1.807) is 0 Å². The van der Waals surface area contributed by atoms with Crippen LogP contribution >= 0.6 is 22.7 Å². The van der Waals surface area contributed by atoms with E-state index in [9.17, 15) is 0 Å². The highest BCUT2D eigenvalue weighted by Crippen LogP contribution is 2.44. The molecule has 0 aliphatic heterocycles. The summed E-state index contributed by atoms with van der Waals surface area (Å²) in [5, 5.41) is 18.9. The zero-order valence-corrected chi connectivity index (χ0v) is 10.7. The predicted octanol–water partition coefficient (Wildman–Crippen LogP) is 0.975. The van der Waals surface area contributed by atoms with Gasteiger partial charge in [0.2, 0.25) is 10.3 Å². The SMILES string of the molecule is Nc1nnc(CC2CC2Cc2nnc(N)s2)s1. The topological polar surface area (TPSA) is 104 Å². The van der Waals surface area contributed by atoms with Crippen LogP contribution in [-0.2, 0) is 12.8 Å². The summed E-state index contributed by atoms with van der Waals surface area (Å²) in [4.78, 5) is 0. The smallest absolute Gasteiger partial charge is 0.203 e. The molecule has 0 saturated heterocycles. The molecule has 8 heteroatoms. The molecule has 0 radical (unpaired) electrons. The molecule has 90 valence electrons. The molecule has 0 aromatic carbocycles. The van der Waals surface area contributed by atoms with E-state index in [1.807, 2.05) is 0 Å². The van der Waals surface area contributed by atoms with E-state index in [4.69, 9.17) is 11.5 Å². The Labute approximate surface area is 106 Å². The van der Waals surface area contributed by atoms with Gasteiger partial charge in [0.05, 0.1) is 0 Å². The van der Waals surface area contributed by atoms with E-state index in [2.05, 4.69) is 20.4 Å². The summed E-state index contributed by atoms with van der Waals surface area (Å²) in [6, 6.07) is 0. The molecule has 0 spiro atoms. The Morgan fingerprint density at radius 1 is 0.882 bits per heavy atom. The number of nitrogens with zero attached hydrogens (tertiary/aromatic N) is 4. The number of hydrogen-bond donors (Lipinski definition) is 2. The molecular formula is C9H12N6S2. The lowest BCUT2D eigenvalue weighted by Gasteiger charge is -1.94. The molecule has 1 fully saturated rings. The Hall–Kier alpha value is -1.28. The number of nitrogen functional groups attached to an aromatic ring is 2. The third-order valence-corrected chi connectivity index (χ3v) is 4.46. The maximum absolute atomic E-state index is 5.55. The minimum absolute atomic E-state index is 0.550. The summed E-state index contributed by atoms with van der Waals surface area (Å²) < 4.78 is 0. The molecular weight excluding hydrogens is 256 g/mol. The normalized spacial score (nSPS) is 22.8. The van der Waals surface area contributed by atoms with Crippen molar-refractivity contribution >= 4 is 32.9 Å². The van der Waals surface area contributed by atoms with E-state index >= 15 is 0 Å². The summed E-state index contributed by atoms with van der Waals surface area (Å²) in [6.45, 7) is 0. The maximum Gasteiger partial charge on any atom is 0.203 e. The van der Waals surface area contributed by atoms with Crippen molar-refractivity contribution in [3.05, 3.63) is 10.0 Å². The Balaban J connectivity index is 1.53. The minimum Gasteiger partial charge on any atom is -0.374 e. The number of hydrogen-bond acceptors (Lipinski definition) is 8. The molecule has 2 aromatic rings. The Bertz CT molecular complexity index is 475. The van der Waals surface area contributed by atoms with Crippen LogP contribution in [0.4, 0.5) is 10.3 Å². The molecule has 17 heavy (non-hydrogen) atoms. The van der Waals surface area contributed by atoms with Gasteiger partial charge >= 0.3 is 0 Å². The fraction of sp³-hybridized carbons (Fsp3) is 0.556. The zero-order valence-electron chi connectivity index (χ0n) is 9.04. The van der Waals surface area contributed by atoms with E-state index in [1.165, 1.54) is 29.1 Å². The first-order valence-electron chi connectivity index (χ1n) is 5.36. The lowest BCUT2D eigenvalue weighted by molar-refractivity contribution is 0.681. The molecule has 1 aliphatic rings. The zero-order chi connectivity index (χ0) is 11.8. The molecule has 3 rings (SSSR count). The fourth-order valence-electron chi connectivity index (χ4n) is 1.96. The maximum atomic E-state index is 5.55. The van der Waals surface area contributed by atoms with Crippen molar-refractivity contribution in [3.63, 3.8) is 0 Å². The van der Waals surface area contributed by atoms with Crippen molar-refractivity contribution in [2.24, 2.45) is 11.8 Å². The standard InChI is InChI=1S/C9H12N6S2/c10-8-14-12-6(16-8)2-4-1-5(4)3-7-13-15-9(11)17-7/h4-5H,1-3H2,(H2,10,14)(H2,11,15). The number of anilines is 2. The first kappa shape index (κ1) is 10.8. The van der Waals surface area contributed by atoms with Crippen LogP contribution < -0.4 is 11.5 Å². The Kier molecular flexibility index (Phi) is 2.67. The lowest BCUT2D eigenvalue weighted by Crippen LogP contribution is -1.93. The van der Waals surface area contributed by atoms with Gasteiger partial charge < -0.3 is 11.5 Å². The van der Waals surface area contributed by atoms with Gasteiger partial charge in [-0.15, -0.1) is 20.4 Å². The van der Waals surface area contributed by atoms with Crippen molar-refractivity contribution in [2.45, 2.75) is 19.3 Å². The fourth-order valence-corrected chi connectivity index (χ4v) is 3.36. The van der Waals surface area contributed by atoms with Crippen molar-refractivity contribution in [3.8, 4) is 0 Å². The molecule has 1 saturated carbocycles. The quantitative estimate of drug-likeness (QED) is 0.856. The molecule has 6 nitrogen and oxygen atoms in total. The third-order valence-electron chi connectivity index (χ3n) is 2.91. The van der Waals surface area contributed by atoms with Gasteiger partial charge in [-0.2, -0.15) is 0 Å². The van der Waals surface area contributed by atoms with E-state index in [-0.39, 0.29) is 0 Å². The number of aromatic nitrogens is 4. The van der Waals surface area contributed by atoms with E-state index in [0.29, 0.717) is 22.1 Å². The number of rotatable bonds is 4. The van der Waals surface area contributed by atoms with Crippen molar-refractivity contribution in [1.29, 1.82) is 0 Å². The van der Waals surface area contributed by atoms with E-state index in [0.717, 1.165) is 22.9 Å². The average molecular weight is 268 g/mol. The highest BCUT2D eigenvalue weighted by Gasteiger charge is 2.38. The van der Waals surface area contributed by atoms with Gasteiger partial charge in [0.1, 0.15) is 10.0 Å². The second-order valence-corrected chi connectivity index (χ2v) is 6.42.